The van der Waals surface area contributed by atoms with Crippen molar-refractivity contribution in [3.8, 4) is 11.3 Å². The second kappa shape index (κ2) is 16.1. The van der Waals surface area contributed by atoms with E-state index in [-0.39, 0.29) is 43.0 Å². The molecule has 39 heavy (non-hydrogen) atoms. The predicted octanol–water partition coefficient (Wildman–Crippen LogP) is 9.77. The van der Waals surface area contributed by atoms with Crippen LogP contribution in [0.25, 0.3) is 22.0 Å². The summed E-state index contributed by atoms with van der Waals surface area (Å²) < 4.78 is 0. The maximum absolute atomic E-state index is 12.0. The molecular formula is C35H48IrNO2-. The maximum Gasteiger partial charge on any atom is 0.164 e. The summed E-state index contributed by atoms with van der Waals surface area (Å²) in [6.07, 6.45) is 7.85. The van der Waals surface area contributed by atoms with Gasteiger partial charge in [0.15, 0.2) is 5.78 Å². The molecule has 0 saturated heterocycles. The fourth-order valence-electron chi connectivity index (χ4n) is 4.80. The number of allylic oxidation sites excluding steroid dienone is 2. The molecule has 4 heteroatoms. The summed E-state index contributed by atoms with van der Waals surface area (Å²) in [7, 11) is 0. The van der Waals surface area contributed by atoms with Gasteiger partial charge in [-0.25, -0.2) is 0 Å². The van der Waals surface area contributed by atoms with Gasteiger partial charge < -0.3 is 10.1 Å². The molecule has 0 saturated carbocycles. The van der Waals surface area contributed by atoms with Crippen molar-refractivity contribution >= 4 is 16.6 Å². The fourth-order valence-corrected chi connectivity index (χ4v) is 4.80. The van der Waals surface area contributed by atoms with Gasteiger partial charge in [-0.2, -0.15) is 0 Å². The zero-order valence-corrected chi connectivity index (χ0v) is 27.8. The number of fused-ring (bicyclic) bond motifs is 1. The first kappa shape index (κ1) is 34.7. The maximum atomic E-state index is 12.0. The second-order valence-electron chi connectivity index (χ2n) is 11.3. The minimum absolute atomic E-state index is 0. The zero-order valence-electron chi connectivity index (χ0n) is 25.4. The predicted molar refractivity (Wildman–Crippen MR) is 163 cm³/mol. The molecule has 0 bridgehead atoms. The van der Waals surface area contributed by atoms with Gasteiger partial charge in [0, 0.05) is 43.7 Å². The number of aliphatic hydroxyl groups is 1. The van der Waals surface area contributed by atoms with Crippen molar-refractivity contribution in [2.75, 3.05) is 0 Å². The first-order chi connectivity index (χ1) is 18.0. The minimum Gasteiger partial charge on any atom is -0.512 e. The van der Waals surface area contributed by atoms with Crippen molar-refractivity contribution in [1.29, 1.82) is 0 Å². The standard InChI is InChI=1S/C21H22N.C14H26O2.Ir/c1-14(2)9-17-5-6-20-18(13-17)7-8-22-21(20)19-11-15(3)10-16(4)12-19;1-6-11(7-2)12(15)10-13(16)14(5,8-3)9-4;/h5-8,10-11,13-14H,9H2,1-4H3;10-11,15H,6-9H2,1-5H3;/q-1;;/b;12-10-;. The zero-order chi connectivity index (χ0) is 28.5. The van der Waals surface area contributed by atoms with Crippen LogP contribution in [0.3, 0.4) is 0 Å². The Bertz CT molecular complexity index is 1220. The van der Waals surface area contributed by atoms with Gasteiger partial charge in [-0.15, -0.1) is 34.9 Å². The molecule has 0 aliphatic rings. The normalized spacial score (nSPS) is 11.8. The average molecular weight is 707 g/mol. The molecule has 0 amide bonds. The van der Waals surface area contributed by atoms with E-state index in [9.17, 15) is 9.90 Å². The monoisotopic (exact) mass is 707 g/mol. The van der Waals surface area contributed by atoms with Crippen molar-refractivity contribution < 1.29 is 30.0 Å². The molecule has 1 heterocycles. The van der Waals surface area contributed by atoms with Gasteiger partial charge in [0.05, 0.1) is 5.76 Å². The Morgan fingerprint density at radius 1 is 1.03 bits per heavy atom. The minimum atomic E-state index is -0.319. The summed E-state index contributed by atoms with van der Waals surface area (Å²) in [6.45, 7) is 18.8. The van der Waals surface area contributed by atoms with E-state index in [0.29, 0.717) is 5.92 Å². The molecule has 0 unspecified atom stereocenters. The van der Waals surface area contributed by atoms with Crippen LogP contribution in [0.4, 0.5) is 0 Å². The van der Waals surface area contributed by atoms with Crippen LogP contribution in [0.15, 0.2) is 54.4 Å². The van der Waals surface area contributed by atoms with Gasteiger partial charge in [-0.3, -0.25) is 4.79 Å². The van der Waals surface area contributed by atoms with E-state index in [0.717, 1.165) is 48.9 Å². The summed E-state index contributed by atoms with van der Waals surface area (Å²) in [6, 6.07) is 16.6. The third-order valence-corrected chi connectivity index (χ3v) is 7.71. The quantitative estimate of drug-likeness (QED) is 0.130. The topological polar surface area (TPSA) is 50.2 Å². The molecule has 0 atom stereocenters. The largest absolute Gasteiger partial charge is 0.512 e. The number of benzene rings is 2. The number of aromatic nitrogens is 1. The number of carbonyl (C=O) groups excluding carboxylic acids is 1. The SMILES string of the molecule is CCC(CC)/C(O)=C/C(=O)C(C)(CC)CC.Cc1[c-]c(-c2nccc3cc(CC(C)C)ccc23)cc(C)c1.[Ir]. The van der Waals surface area contributed by atoms with E-state index >= 15 is 0 Å². The number of carbonyl (C=O) groups is 1. The third kappa shape index (κ3) is 9.69. The Morgan fingerprint density at radius 3 is 2.21 bits per heavy atom. The van der Waals surface area contributed by atoms with E-state index in [4.69, 9.17) is 0 Å². The van der Waals surface area contributed by atoms with Crippen LogP contribution in [0, 0.1) is 37.2 Å². The molecule has 1 aromatic heterocycles. The number of pyridine rings is 1. The van der Waals surface area contributed by atoms with Gasteiger partial charge in [0.2, 0.25) is 0 Å². The van der Waals surface area contributed by atoms with Crippen LogP contribution in [0.5, 0.6) is 0 Å². The number of ketones is 1. The molecule has 3 aromatic rings. The van der Waals surface area contributed by atoms with Gasteiger partial charge in [0.1, 0.15) is 0 Å². The molecule has 0 fully saturated rings. The molecule has 3 rings (SSSR count). The first-order valence-electron chi connectivity index (χ1n) is 14.3. The van der Waals surface area contributed by atoms with Crippen LogP contribution in [0.2, 0.25) is 0 Å². The summed E-state index contributed by atoms with van der Waals surface area (Å²) in [5.41, 5.74) is 5.59. The molecule has 1 N–H and O–H groups in total. The molecule has 3 nitrogen and oxygen atoms in total. The number of hydrogen-bond acceptors (Lipinski definition) is 3. The molecular weight excluding hydrogens is 659 g/mol. The van der Waals surface area contributed by atoms with Crippen molar-refractivity contribution in [3.05, 3.63) is 77.2 Å². The molecule has 1 radical (unpaired) electrons. The molecule has 0 aliphatic carbocycles. The molecule has 0 spiro atoms. The smallest absolute Gasteiger partial charge is 0.164 e. The van der Waals surface area contributed by atoms with E-state index in [1.54, 1.807) is 0 Å². The number of aryl methyl sites for hydroxylation is 2. The number of rotatable bonds is 10. The first-order valence-corrected chi connectivity index (χ1v) is 14.3. The van der Waals surface area contributed by atoms with Crippen LogP contribution in [-0.4, -0.2) is 15.9 Å². The summed E-state index contributed by atoms with van der Waals surface area (Å²) >= 11 is 0. The molecule has 0 aliphatic heterocycles. The van der Waals surface area contributed by atoms with Crippen LogP contribution < -0.4 is 0 Å². The molecule has 2 aromatic carbocycles. The average Bonchev–Trinajstić information content (AvgIpc) is 2.87. The molecule has 215 valence electrons. The number of aliphatic hydroxyl groups excluding tert-OH is 1. The summed E-state index contributed by atoms with van der Waals surface area (Å²) in [5.74, 6) is 1.11. The third-order valence-electron chi connectivity index (χ3n) is 7.71. The van der Waals surface area contributed by atoms with Crippen LogP contribution in [-0.2, 0) is 31.3 Å². The van der Waals surface area contributed by atoms with Crippen molar-refractivity contribution in [1.82, 2.24) is 4.98 Å². The van der Waals surface area contributed by atoms with Crippen molar-refractivity contribution in [2.45, 2.75) is 94.4 Å². The van der Waals surface area contributed by atoms with E-state index in [1.165, 1.54) is 28.0 Å². The van der Waals surface area contributed by atoms with Crippen LogP contribution >= 0.6 is 0 Å². The van der Waals surface area contributed by atoms with Gasteiger partial charge >= 0.3 is 0 Å². The van der Waals surface area contributed by atoms with Crippen LogP contribution in [0.1, 0.15) is 90.8 Å². The van der Waals surface area contributed by atoms with Gasteiger partial charge in [-0.1, -0.05) is 80.5 Å². The fraction of sp³-hybridized carbons (Fsp3) is 0.486. The summed E-state index contributed by atoms with van der Waals surface area (Å²) in [4.78, 5) is 16.7. The number of hydrogen-bond donors (Lipinski definition) is 1. The van der Waals surface area contributed by atoms with Crippen molar-refractivity contribution in [3.63, 3.8) is 0 Å². The Morgan fingerprint density at radius 2 is 1.67 bits per heavy atom. The van der Waals surface area contributed by atoms with Gasteiger partial charge in [-0.05, 0) is 66.1 Å². The Labute approximate surface area is 250 Å². The second-order valence-corrected chi connectivity index (χ2v) is 11.3. The Hall–Kier alpha value is -2.29. The van der Waals surface area contributed by atoms with Gasteiger partial charge in [0.25, 0.3) is 0 Å². The Kier molecular flexibility index (Phi) is 14.3. The van der Waals surface area contributed by atoms with Crippen molar-refractivity contribution in [2.24, 2.45) is 17.3 Å². The van der Waals surface area contributed by atoms with E-state index in [2.05, 4.69) is 75.1 Å². The van der Waals surface area contributed by atoms with E-state index < -0.39 is 0 Å². The van der Waals surface area contributed by atoms with E-state index in [1.807, 2.05) is 40.8 Å². The summed E-state index contributed by atoms with van der Waals surface area (Å²) in [5, 5.41) is 12.3. The Balaban J connectivity index is 0.000000402. The number of nitrogens with zero attached hydrogens (tertiary/aromatic N) is 1.